The number of carboxylic acid groups (broad SMARTS) is 1. The number of likely N-dealkylation sites (tertiary alicyclic amines) is 1. The zero-order valence-electron chi connectivity index (χ0n) is 10.5. The van der Waals surface area contributed by atoms with E-state index in [1.54, 1.807) is 11.8 Å². The van der Waals surface area contributed by atoms with Crippen molar-refractivity contribution >= 4 is 23.6 Å². The van der Waals surface area contributed by atoms with Crippen LogP contribution in [0.15, 0.2) is 0 Å². The summed E-state index contributed by atoms with van der Waals surface area (Å²) in [5, 5.41) is 9.09. The van der Waals surface area contributed by atoms with Gasteiger partial charge in [0.1, 0.15) is 0 Å². The predicted molar refractivity (Wildman–Crippen MR) is 69.2 cm³/mol. The molecule has 4 nitrogen and oxygen atoms in total. The molecule has 1 N–H and O–H groups in total. The molecule has 1 fully saturated rings. The van der Waals surface area contributed by atoms with E-state index in [1.165, 1.54) is 0 Å². The molecule has 0 aliphatic carbocycles. The average molecular weight is 259 g/mol. The Hall–Kier alpha value is -0.710. The van der Waals surface area contributed by atoms with E-state index in [0.717, 1.165) is 19.5 Å². The first-order chi connectivity index (χ1) is 7.99. The van der Waals surface area contributed by atoms with Crippen LogP contribution in [-0.2, 0) is 9.59 Å². The normalized spacial score (nSPS) is 19.9. The fraction of sp³-hybridized carbons (Fsp3) is 0.833. The number of hydrogen-bond donors (Lipinski definition) is 1. The Labute approximate surface area is 107 Å². The van der Waals surface area contributed by atoms with Gasteiger partial charge < -0.3 is 10.0 Å². The molecule has 1 aliphatic heterocycles. The van der Waals surface area contributed by atoms with Gasteiger partial charge in [0.25, 0.3) is 0 Å². The van der Waals surface area contributed by atoms with Crippen molar-refractivity contribution < 1.29 is 14.7 Å². The van der Waals surface area contributed by atoms with Gasteiger partial charge in [-0.3, -0.25) is 9.59 Å². The van der Waals surface area contributed by atoms with Crippen LogP contribution in [0.4, 0.5) is 0 Å². The van der Waals surface area contributed by atoms with Crippen LogP contribution in [0.2, 0.25) is 0 Å². The molecule has 1 rings (SSSR count). The molecule has 0 saturated carbocycles. The molecule has 0 radical (unpaired) electrons. The highest BCUT2D eigenvalue weighted by atomic mass is 32.2. The lowest BCUT2D eigenvalue weighted by Gasteiger charge is -2.16. The highest BCUT2D eigenvalue weighted by Gasteiger charge is 2.26. The quantitative estimate of drug-likeness (QED) is 0.791. The summed E-state index contributed by atoms with van der Waals surface area (Å²) in [6, 6.07) is 0. The van der Waals surface area contributed by atoms with Crippen LogP contribution in [0.3, 0.4) is 0 Å². The highest BCUT2D eigenvalue weighted by molar-refractivity contribution is 8.00. The van der Waals surface area contributed by atoms with E-state index in [2.05, 4.69) is 13.8 Å². The first-order valence-electron chi connectivity index (χ1n) is 6.10. The third-order valence-corrected chi connectivity index (χ3v) is 4.03. The Balaban J connectivity index is 2.24. The second-order valence-corrected chi connectivity index (χ2v) is 6.35. The van der Waals surface area contributed by atoms with E-state index >= 15 is 0 Å². The Morgan fingerprint density at radius 2 is 2.18 bits per heavy atom. The summed E-state index contributed by atoms with van der Waals surface area (Å²) in [7, 11) is 0. The standard InChI is InChI=1S/C12H21NO3S/c1-9(2)17-8-11(14)13-6-5-10(7-13)3-4-12(15)16/h9-10H,3-8H2,1-2H3,(H,15,16). The summed E-state index contributed by atoms with van der Waals surface area (Å²) in [4.78, 5) is 24.2. The number of hydrogen-bond acceptors (Lipinski definition) is 3. The summed E-state index contributed by atoms with van der Waals surface area (Å²) in [5.41, 5.74) is 0. The van der Waals surface area contributed by atoms with Gasteiger partial charge in [0.2, 0.25) is 5.91 Å². The number of nitrogens with zero attached hydrogens (tertiary/aromatic N) is 1. The van der Waals surface area contributed by atoms with Gasteiger partial charge in [0.15, 0.2) is 0 Å². The highest BCUT2D eigenvalue weighted by Crippen LogP contribution is 2.22. The minimum atomic E-state index is -0.745. The summed E-state index contributed by atoms with van der Waals surface area (Å²) >= 11 is 1.66. The summed E-state index contributed by atoms with van der Waals surface area (Å²) in [6.07, 6.45) is 1.86. The molecule has 1 unspecified atom stereocenters. The maximum atomic E-state index is 11.8. The number of carbonyl (C=O) groups excluding carboxylic acids is 1. The number of aliphatic carboxylic acids is 1. The van der Waals surface area contributed by atoms with Gasteiger partial charge in [-0.1, -0.05) is 13.8 Å². The Kier molecular flexibility index (Phi) is 5.82. The lowest BCUT2D eigenvalue weighted by atomic mass is 10.0. The van der Waals surface area contributed by atoms with Gasteiger partial charge in [0.05, 0.1) is 5.75 Å². The molecule has 1 aliphatic rings. The van der Waals surface area contributed by atoms with E-state index in [1.807, 2.05) is 4.90 Å². The van der Waals surface area contributed by atoms with Crippen molar-refractivity contribution in [2.24, 2.45) is 5.92 Å². The Bertz CT molecular complexity index is 281. The third kappa shape index (κ3) is 5.44. The fourth-order valence-corrected chi connectivity index (χ4v) is 2.61. The zero-order chi connectivity index (χ0) is 12.8. The maximum Gasteiger partial charge on any atom is 0.303 e. The van der Waals surface area contributed by atoms with Crippen LogP contribution in [0, 0.1) is 5.92 Å². The van der Waals surface area contributed by atoms with Gasteiger partial charge in [-0.15, -0.1) is 11.8 Å². The first-order valence-corrected chi connectivity index (χ1v) is 7.15. The van der Waals surface area contributed by atoms with Crippen molar-refractivity contribution in [2.45, 2.75) is 38.4 Å². The molecule has 0 spiro atoms. The summed E-state index contributed by atoms with van der Waals surface area (Å²) in [6.45, 7) is 5.70. The van der Waals surface area contributed by atoms with Gasteiger partial charge >= 0.3 is 5.97 Å². The SMILES string of the molecule is CC(C)SCC(=O)N1CCC(CCC(=O)O)C1. The topological polar surface area (TPSA) is 57.6 Å². The monoisotopic (exact) mass is 259 g/mol. The van der Waals surface area contributed by atoms with Crippen LogP contribution >= 0.6 is 11.8 Å². The minimum absolute atomic E-state index is 0.196. The predicted octanol–water partition coefficient (Wildman–Crippen LogP) is 1.84. The van der Waals surface area contributed by atoms with Crippen molar-refractivity contribution in [1.82, 2.24) is 4.90 Å². The summed E-state index contributed by atoms with van der Waals surface area (Å²) < 4.78 is 0. The van der Waals surface area contributed by atoms with Crippen LogP contribution in [0.1, 0.15) is 33.1 Å². The molecule has 1 saturated heterocycles. The molecular formula is C12H21NO3S. The van der Waals surface area contributed by atoms with E-state index in [9.17, 15) is 9.59 Å². The first kappa shape index (κ1) is 14.4. The lowest BCUT2D eigenvalue weighted by molar-refractivity contribution is -0.137. The Morgan fingerprint density at radius 3 is 2.76 bits per heavy atom. The summed E-state index contributed by atoms with van der Waals surface area (Å²) in [5.74, 6) is 0.370. The molecule has 1 amide bonds. The van der Waals surface area contributed by atoms with Crippen LogP contribution in [0.5, 0.6) is 0 Å². The second kappa shape index (κ2) is 6.89. The molecule has 17 heavy (non-hydrogen) atoms. The number of carbonyl (C=O) groups is 2. The molecule has 0 aromatic carbocycles. The smallest absolute Gasteiger partial charge is 0.303 e. The van der Waals surface area contributed by atoms with Crippen molar-refractivity contribution in [3.8, 4) is 0 Å². The molecule has 0 aromatic rings. The van der Waals surface area contributed by atoms with Crippen molar-refractivity contribution in [3.63, 3.8) is 0 Å². The van der Waals surface area contributed by atoms with E-state index in [0.29, 0.717) is 23.3 Å². The van der Waals surface area contributed by atoms with Crippen LogP contribution in [0.25, 0.3) is 0 Å². The zero-order valence-corrected chi connectivity index (χ0v) is 11.3. The van der Waals surface area contributed by atoms with Gasteiger partial charge in [-0.05, 0) is 24.0 Å². The molecule has 98 valence electrons. The minimum Gasteiger partial charge on any atom is -0.481 e. The average Bonchev–Trinajstić information content (AvgIpc) is 2.71. The molecular weight excluding hydrogens is 238 g/mol. The molecule has 1 heterocycles. The molecule has 1 atom stereocenters. The number of rotatable bonds is 6. The fourth-order valence-electron chi connectivity index (χ4n) is 1.95. The van der Waals surface area contributed by atoms with E-state index in [-0.39, 0.29) is 12.3 Å². The largest absolute Gasteiger partial charge is 0.481 e. The third-order valence-electron chi connectivity index (χ3n) is 2.95. The maximum absolute atomic E-state index is 11.8. The molecule has 5 heteroatoms. The Morgan fingerprint density at radius 1 is 1.47 bits per heavy atom. The van der Waals surface area contributed by atoms with Crippen molar-refractivity contribution in [1.29, 1.82) is 0 Å². The van der Waals surface area contributed by atoms with Gasteiger partial charge in [-0.25, -0.2) is 0 Å². The van der Waals surface area contributed by atoms with E-state index in [4.69, 9.17) is 5.11 Å². The molecule has 0 bridgehead atoms. The van der Waals surface area contributed by atoms with Crippen LogP contribution in [-0.4, -0.2) is 46.0 Å². The second-order valence-electron chi connectivity index (χ2n) is 4.79. The number of carboxylic acids is 1. The van der Waals surface area contributed by atoms with Crippen molar-refractivity contribution in [3.05, 3.63) is 0 Å². The molecule has 0 aromatic heterocycles. The van der Waals surface area contributed by atoms with Gasteiger partial charge in [0, 0.05) is 19.5 Å². The number of amides is 1. The van der Waals surface area contributed by atoms with Crippen molar-refractivity contribution in [2.75, 3.05) is 18.8 Å². The van der Waals surface area contributed by atoms with E-state index < -0.39 is 5.97 Å². The van der Waals surface area contributed by atoms with Crippen LogP contribution < -0.4 is 0 Å². The van der Waals surface area contributed by atoms with Gasteiger partial charge in [-0.2, -0.15) is 0 Å². The number of thioether (sulfide) groups is 1. The lowest BCUT2D eigenvalue weighted by Crippen LogP contribution is -2.30.